The quantitative estimate of drug-likeness (QED) is 0.841. The molecule has 128 valence electrons. The molecule has 1 saturated heterocycles. The fraction of sp³-hybridized carbons (Fsp3) is 0.529. The van der Waals surface area contributed by atoms with Crippen LogP contribution >= 0.6 is 11.3 Å². The zero-order valence-corrected chi connectivity index (χ0v) is 15.2. The summed E-state index contributed by atoms with van der Waals surface area (Å²) in [4.78, 5) is 10.3. The second-order valence-corrected chi connectivity index (χ2v) is 9.50. The van der Waals surface area contributed by atoms with Gasteiger partial charge in [-0.2, -0.15) is 4.31 Å². The summed E-state index contributed by atoms with van der Waals surface area (Å²) in [6, 6.07) is 5.02. The van der Waals surface area contributed by atoms with Gasteiger partial charge in [0, 0.05) is 30.1 Å². The van der Waals surface area contributed by atoms with Gasteiger partial charge < -0.3 is 0 Å². The zero-order valence-electron chi connectivity index (χ0n) is 13.5. The van der Waals surface area contributed by atoms with Crippen molar-refractivity contribution in [1.29, 1.82) is 0 Å². The van der Waals surface area contributed by atoms with E-state index in [1.807, 2.05) is 0 Å². The summed E-state index contributed by atoms with van der Waals surface area (Å²) in [5.74, 6) is 0.216. The number of nitrogens with zero attached hydrogens (tertiary/aromatic N) is 3. The Labute approximate surface area is 146 Å². The molecule has 3 heterocycles. The highest BCUT2D eigenvalue weighted by Crippen LogP contribution is 2.35. The molecule has 4 rings (SSSR count). The zero-order chi connectivity index (χ0) is 16.6. The maximum atomic E-state index is 12.8. The van der Waals surface area contributed by atoms with Crippen LogP contribution < -0.4 is 0 Å². The van der Waals surface area contributed by atoms with Crippen molar-refractivity contribution in [3.63, 3.8) is 0 Å². The monoisotopic (exact) mass is 363 g/mol. The van der Waals surface area contributed by atoms with Crippen molar-refractivity contribution >= 4 is 21.4 Å². The highest BCUT2D eigenvalue weighted by atomic mass is 32.2. The molecule has 0 amide bonds. The summed E-state index contributed by atoms with van der Waals surface area (Å²) >= 11 is 1.80. The number of aromatic nitrogens is 2. The highest BCUT2D eigenvalue weighted by molar-refractivity contribution is 7.89. The van der Waals surface area contributed by atoms with Crippen molar-refractivity contribution in [2.45, 2.75) is 49.5 Å². The summed E-state index contributed by atoms with van der Waals surface area (Å²) in [5, 5.41) is 1.27. The van der Waals surface area contributed by atoms with Gasteiger partial charge in [-0.05, 0) is 50.7 Å². The molecule has 0 N–H and O–H groups in total. The average Bonchev–Trinajstić information content (AvgIpc) is 3.07. The molecular weight excluding hydrogens is 342 g/mol. The van der Waals surface area contributed by atoms with Gasteiger partial charge >= 0.3 is 0 Å². The van der Waals surface area contributed by atoms with Crippen LogP contribution in [0.4, 0.5) is 0 Å². The van der Waals surface area contributed by atoms with Gasteiger partial charge in [0.2, 0.25) is 0 Å². The van der Waals surface area contributed by atoms with Gasteiger partial charge in [0.15, 0.2) is 5.03 Å². The third-order valence-electron chi connectivity index (χ3n) is 4.84. The van der Waals surface area contributed by atoms with Crippen molar-refractivity contribution in [2.24, 2.45) is 0 Å². The molecule has 1 aliphatic carbocycles. The van der Waals surface area contributed by atoms with Crippen LogP contribution in [-0.4, -0.2) is 35.8 Å². The number of hydrogen-bond donors (Lipinski definition) is 0. The van der Waals surface area contributed by atoms with Crippen LogP contribution in [0.3, 0.4) is 0 Å². The Bertz CT molecular complexity index is 794. The largest absolute Gasteiger partial charge is 0.260 e. The molecule has 0 bridgehead atoms. The van der Waals surface area contributed by atoms with Gasteiger partial charge in [-0.15, -0.1) is 11.3 Å². The van der Waals surface area contributed by atoms with E-state index < -0.39 is 10.0 Å². The van der Waals surface area contributed by atoms with E-state index in [2.05, 4.69) is 4.98 Å². The molecule has 2 aliphatic rings. The molecular formula is C17H21N3O2S2. The Morgan fingerprint density at radius 1 is 1.17 bits per heavy atom. The Balaban J connectivity index is 1.57. The molecule has 0 aromatic carbocycles. The van der Waals surface area contributed by atoms with Gasteiger partial charge in [-0.1, -0.05) is 6.07 Å². The van der Waals surface area contributed by atoms with Crippen LogP contribution in [0.1, 0.15) is 47.2 Å². The van der Waals surface area contributed by atoms with E-state index in [1.165, 1.54) is 29.6 Å². The lowest BCUT2D eigenvalue weighted by atomic mass is 10.00. The van der Waals surface area contributed by atoms with Crippen LogP contribution in [-0.2, 0) is 22.9 Å². The Morgan fingerprint density at radius 3 is 2.83 bits per heavy atom. The first-order valence-electron chi connectivity index (χ1n) is 8.54. The summed E-state index contributed by atoms with van der Waals surface area (Å²) in [7, 11) is -3.51. The SMILES string of the molecule is O=S(=O)(c1ccccn1)N1CCCC(c2nc3c(s2)CCCC3)C1. The van der Waals surface area contributed by atoms with E-state index in [0.29, 0.717) is 13.1 Å². The smallest absolute Gasteiger partial charge is 0.246 e. The van der Waals surface area contributed by atoms with Gasteiger partial charge in [-0.3, -0.25) is 0 Å². The number of sulfonamides is 1. The molecule has 0 radical (unpaired) electrons. The van der Waals surface area contributed by atoms with Crippen molar-refractivity contribution < 1.29 is 8.42 Å². The molecule has 24 heavy (non-hydrogen) atoms. The van der Waals surface area contributed by atoms with E-state index in [1.54, 1.807) is 33.8 Å². The maximum absolute atomic E-state index is 12.8. The van der Waals surface area contributed by atoms with E-state index in [0.717, 1.165) is 30.7 Å². The van der Waals surface area contributed by atoms with Crippen LogP contribution in [0, 0.1) is 0 Å². The molecule has 0 saturated carbocycles. The van der Waals surface area contributed by atoms with Crippen LogP contribution in [0.5, 0.6) is 0 Å². The number of piperidine rings is 1. The van der Waals surface area contributed by atoms with E-state index in [9.17, 15) is 8.42 Å². The third-order valence-corrected chi connectivity index (χ3v) is 7.94. The first-order chi connectivity index (χ1) is 11.6. The molecule has 1 unspecified atom stereocenters. The molecule has 1 atom stereocenters. The lowest BCUT2D eigenvalue weighted by molar-refractivity contribution is 0.314. The normalized spacial score (nSPS) is 22.2. The van der Waals surface area contributed by atoms with Gasteiger partial charge in [0.05, 0.1) is 10.7 Å². The predicted molar refractivity (Wildman–Crippen MR) is 93.7 cm³/mol. The fourth-order valence-corrected chi connectivity index (χ4v) is 6.27. The lowest BCUT2D eigenvalue weighted by Gasteiger charge is -2.30. The number of rotatable bonds is 3. The van der Waals surface area contributed by atoms with Crippen molar-refractivity contribution in [2.75, 3.05) is 13.1 Å². The lowest BCUT2D eigenvalue weighted by Crippen LogP contribution is -2.39. The number of hydrogen-bond acceptors (Lipinski definition) is 5. The standard InChI is InChI=1S/C17H21N3O2S2/c21-24(22,16-9-3-4-10-18-16)20-11-5-6-13(12-20)17-19-14-7-1-2-8-15(14)23-17/h3-4,9-10,13H,1-2,5-8,11-12H2. The van der Waals surface area contributed by atoms with Crippen LogP contribution in [0.15, 0.2) is 29.4 Å². The second kappa shape index (κ2) is 6.54. The molecule has 2 aromatic rings. The van der Waals surface area contributed by atoms with Gasteiger partial charge in [0.1, 0.15) is 0 Å². The maximum Gasteiger partial charge on any atom is 0.260 e. The number of fused-ring (bicyclic) bond motifs is 1. The topological polar surface area (TPSA) is 63.2 Å². The van der Waals surface area contributed by atoms with Crippen LogP contribution in [0.2, 0.25) is 0 Å². The van der Waals surface area contributed by atoms with Crippen molar-refractivity contribution in [1.82, 2.24) is 14.3 Å². The number of aryl methyl sites for hydroxylation is 2. The minimum atomic E-state index is -3.51. The average molecular weight is 364 g/mol. The van der Waals surface area contributed by atoms with E-state index in [4.69, 9.17) is 4.98 Å². The van der Waals surface area contributed by atoms with Gasteiger partial charge in [0.25, 0.3) is 10.0 Å². The summed E-state index contributed by atoms with van der Waals surface area (Å²) in [6.45, 7) is 1.09. The summed E-state index contributed by atoms with van der Waals surface area (Å²) in [5.41, 5.74) is 1.26. The molecule has 7 heteroatoms. The van der Waals surface area contributed by atoms with E-state index in [-0.39, 0.29) is 10.9 Å². The fourth-order valence-electron chi connectivity index (χ4n) is 3.54. The Morgan fingerprint density at radius 2 is 2.04 bits per heavy atom. The molecule has 5 nitrogen and oxygen atoms in total. The third kappa shape index (κ3) is 3.00. The summed E-state index contributed by atoms with van der Waals surface area (Å²) < 4.78 is 27.2. The molecule has 1 aliphatic heterocycles. The van der Waals surface area contributed by atoms with Gasteiger partial charge in [-0.25, -0.2) is 18.4 Å². The van der Waals surface area contributed by atoms with E-state index >= 15 is 0 Å². The molecule has 0 spiro atoms. The predicted octanol–water partition coefficient (Wildman–Crippen LogP) is 2.99. The Kier molecular flexibility index (Phi) is 4.40. The highest BCUT2D eigenvalue weighted by Gasteiger charge is 2.33. The first-order valence-corrected chi connectivity index (χ1v) is 10.8. The van der Waals surface area contributed by atoms with Crippen molar-refractivity contribution in [3.05, 3.63) is 40.0 Å². The molecule has 1 fully saturated rings. The Hall–Kier alpha value is -1.31. The van der Waals surface area contributed by atoms with Crippen LogP contribution in [0.25, 0.3) is 0 Å². The molecule has 2 aromatic heterocycles. The number of pyridine rings is 1. The summed E-state index contributed by atoms with van der Waals surface area (Å²) in [6.07, 6.45) is 8.11. The minimum absolute atomic E-state index is 0.143. The number of thiazole rings is 1. The first kappa shape index (κ1) is 16.2. The second-order valence-electron chi connectivity index (χ2n) is 6.50. The minimum Gasteiger partial charge on any atom is -0.246 e. The van der Waals surface area contributed by atoms with Crippen molar-refractivity contribution in [3.8, 4) is 0 Å².